The monoisotopic (exact) mass is 894 g/mol. The number of esters is 1. The van der Waals surface area contributed by atoms with Crippen LogP contribution in [0.2, 0.25) is 0 Å². The van der Waals surface area contributed by atoms with Crippen LogP contribution in [0.1, 0.15) is 213 Å². The van der Waals surface area contributed by atoms with Gasteiger partial charge in [0.15, 0.2) is 0 Å². The Morgan fingerprint density at radius 3 is 1.34 bits per heavy atom. The van der Waals surface area contributed by atoms with E-state index < -0.39 is 45.1 Å². The first-order valence-corrected chi connectivity index (χ1v) is 26.3. The molecule has 11 heteroatoms. The molecule has 4 N–H and O–H groups in total. The molecule has 62 heavy (non-hydrogen) atoms. The van der Waals surface area contributed by atoms with Crippen molar-refractivity contribution in [3.63, 3.8) is 0 Å². The van der Waals surface area contributed by atoms with Crippen LogP contribution in [0.5, 0.6) is 0 Å². The highest BCUT2D eigenvalue weighted by Crippen LogP contribution is 2.43. The number of hydrogen-bond acceptors (Lipinski definition) is 8. The van der Waals surface area contributed by atoms with E-state index in [-0.39, 0.29) is 13.0 Å². The van der Waals surface area contributed by atoms with Crippen molar-refractivity contribution in [2.45, 2.75) is 225 Å². The minimum Gasteiger partial charge on any atom is -0.480 e. The highest BCUT2D eigenvalue weighted by Gasteiger charge is 2.27. The molecule has 0 aromatic carbocycles. The Kier molecular flexibility index (Phi) is 44.9. The third kappa shape index (κ3) is 45.7. The fourth-order valence-corrected chi connectivity index (χ4v) is 7.42. The predicted octanol–water partition coefficient (Wildman–Crippen LogP) is 14.4. The first-order chi connectivity index (χ1) is 30.2. The molecular weight excluding hydrogens is 802 g/mol. The number of allylic oxidation sites excluding steroid dienone is 10. The van der Waals surface area contributed by atoms with Gasteiger partial charge in [-0.3, -0.25) is 18.6 Å². The zero-order valence-electron chi connectivity index (χ0n) is 39.5. The van der Waals surface area contributed by atoms with Gasteiger partial charge in [-0.1, -0.05) is 184 Å². The van der Waals surface area contributed by atoms with Gasteiger partial charge in [-0.15, -0.1) is 0 Å². The van der Waals surface area contributed by atoms with E-state index in [2.05, 4.69) is 74.6 Å². The molecule has 360 valence electrons. The van der Waals surface area contributed by atoms with Gasteiger partial charge in [0.25, 0.3) is 0 Å². The summed E-state index contributed by atoms with van der Waals surface area (Å²) in [6, 6.07) is -1.48. The second-order valence-electron chi connectivity index (χ2n) is 16.6. The van der Waals surface area contributed by atoms with Crippen molar-refractivity contribution in [1.29, 1.82) is 0 Å². The molecule has 0 aliphatic carbocycles. The van der Waals surface area contributed by atoms with Gasteiger partial charge in [-0.25, -0.2) is 4.57 Å². The van der Waals surface area contributed by atoms with Crippen molar-refractivity contribution in [3.05, 3.63) is 60.8 Å². The highest BCUT2D eigenvalue weighted by molar-refractivity contribution is 7.47. The van der Waals surface area contributed by atoms with Gasteiger partial charge in [-0.2, -0.15) is 0 Å². The Labute approximate surface area is 379 Å². The minimum atomic E-state index is -4.63. The molecule has 0 fully saturated rings. The Morgan fingerprint density at radius 2 is 0.887 bits per heavy atom. The summed E-state index contributed by atoms with van der Waals surface area (Å²) in [4.78, 5) is 33.7. The molecule has 0 heterocycles. The predicted molar refractivity (Wildman–Crippen MR) is 258 cm³/mol. The number of hydrogen-bond donors (Lipinski definition) is 3. The topological polar surface area (TPSA) is 155 Å². The SMILES string of the molecule is CCCCCC/C=C\C/C=C\CCCCCCCCCC(=O)OC(COCCCCCCCCC/C=C\C/C=C\C/C=C\CCCCCCC)COP(=O)(O)OCC(N)C(=O)O. The second-order valence-corrected chi connectivity index (χ2v) is 18.0. The molecule has 0 saturated carbocycles. The lowest BCUT2D eigenvalue weighted by Crippen LogP contribution is -2.34. The quantitative estimate of drug-likeness (QED) is 0.0233. The summed E-state index contributed by atoms with van der Waals surface area (Å²) in [5.74, 6) is -1.79. The zero-order chi connectivity index (χ0) is 45.5. The van der Waals surface area contributed by atoms with Crippen LogP contribution in [0.15, 0.2) is 60.8 Å². The van der Waals surface area contributed by atoms with Crippen molar-refractivity contribution in [2.75, 3.05) is 26.4 Å². The number of carboxylic acid groups (broad SMARTS) is 1. The molecule has 3 atom stereocenters. The zero-order valence-corrected chi connectivity index (χ0v) is 40.3. The molecule has 0 rings (SSSR count). The van der Waals surface area contributed by atoms with Crippen molar-refractivity contribution in [3.8, 4) is 0 Å². The minimum absolute atomic E-state index is 0.00497. The molecule has 3 unspecified atom stereocenters. The fraction of sp³-hybridized carbons (Fsp3) is 0.765. The number of unbranched alkanes of at least 4 members (excludes halogenated alkanes) is 23. The van der Waals surface area contributed by atoms with Crippen molar-refractivity contribution in [1.82, 2.24) is 0 Å². The number of nitrogens with two attached hydrogens (primary N) is 1. The first-order valence-electron chi connectivity index (χ1n) is 24.8. The molecule has 0 radical (unpaired) electrons. The number of carboxylic acids is 1. The van der Waals surface area contributed by atoms with Gasteiger partial charge in [0.05, 0.1) is 19.8 Å². The third-order valence-electron chi connectivity index (χ3n) is 10.5. The Hall–Kier alpha value is -2.33. The van der Waals surface area contributed by atoms with Crippen LogP contribution < -0.4 is 5.73 Å². The Balaban J connectivity index is 4.21. The van der Waals surface area contributed by atoms with Crippen molar-refractivity contribution in [2.24, 2.45) is 5.73 Å². The summed E-state index contributed by atoms with van der Waals surface area (Å²) >= 11 is 0. The first kappa shape index (κ1) is 59.7. The summed E-state index contributed by atoms with van der Waals surface area (Å²) in [7, 11) is -4.63. The molecular formula is C51H92NO9P. The van der Waals surface area contributed by atoms with E-state index >= 15 is 0 Å². The van der Waals surface area contributed by atoms with Gasteiger partial charge in [0.1, 0.15) is 12.1 Å². The average molecular weight is 894 g/mol. The summed E-state index contributed by atoms with van der Waals surface area (Å²) in [5.41, 5.74) is 5.37. The molecule has 10 nitrogen and oxygen atoms in total. The van der Waals surface area contributed by atoms with Gasteiger partial charge in [-0.05, 0) is 83.5 Å². The lowest BCUT2D eigenvalue weighted by molar-refractivity contribution is -0.154. The standard InChI is InChI=1S/C51H92NO9P/c1-3-5-7-9-11-13-15-17-19-21-23-24-25-26-28-30-32-34-36-38-40-42-44-58-45-48(46-59-62(56,57)60-47-49(52)51(54)55)61-50(53)43-41-39-37-35-33-31-29-27-22-20-18-16-14-12-10-8-6-4-2/h14-17,20-23,25-26,48-49H,3-13,18-19,24,27-47,52H2,1-2H3,(H,54,55)(H,56,57)/b16-14-,17-15-,22-20-,23-21-,26-25-. The maximum atomic E-state index is 12.7. The van der Waals surface area contributed by atoms with Crippen LogP contribution in [-0.2, 0) is 32.7 Å². The average Bonchev–Trinajstić information content (AvgIpc) is 3.25. The number of carbonyl (C=O) groups excluding carboxylic acids is 1. The van der Waals surface area contributed by atoms with E-state index in [1.165, 1.54) is 116 Å². The highest BCUT2D eigenvalue weighted by atomic mass is 31.2. The molecule has 0 aromatic rings. The van der Waals surface area contributed by atoms with Gasteiger partial charge in [0.2, 0.25) is 0 Å². The van der Waals surface area contributed by atoms with Crippen LogP contribution in [0.3, 0.4) is 0 Å². The largest absolute Gasteiger partial charge is 0.480 e. The lowest BCUT2D eigenvalue weighted by Gasteiger charge is -2.20. The maximum Gasteiger partial charge on any atom is 0.472 e. The van der Waals surface area contributed by atoms with E-state index in [0.717, 1.165) is 70.6 Å². The van der Waals surface area contributed by atoms with Crippen LogP contribution in [0.4, 0.5) is 0 Å². The smallest absolute Gasteiger partial charge is 0.472 e. The molecule has 0 aliphatic heterocycles. The molecule has 0 amide bonds. The molecule has 0 bridgehead atoms. The van der Waals surface area contributed by atoms with E-state index in [0.29, 0.717) is 13.0 Å². The molecule has 0 aromatic heterocycles. The number of phosphoric acid groups is 1. The van der Waals surface area contributed by atoms with Crippen LogP contribution in [0.25, 0.3) is 0 Å². The van der Waals surface area contributed by atoms with Crippen LogP contribution in [-0.4, -0.2) is 60.5 Å². The summed E-state index contributed by atoms with van der Waals surface area (Å²) in [6.07, 6.45) is 57.0. The lowest BCUT2D eigenvalue weighted by atomic mass is 10.1. The summed E-state index contributed by atoms with van der Waals surface area (Å²) in [6.45, 7) is 3.83. The van der Waals surface area contributed by atoms with E-state index in [4.69, 9.17) is 29.4 Å². The Bertz CT molecular complexity index is 1220. The summed E-state index contributed by atoms with van der Waals surface area (Å²) < 4.78 is 33.5. The maximum absolute atomic E-state index is 12.7. The van der Waals surface area contributed by atoms with Crippen LogP contribution in [0, 0.1) is 0 Å². The van der Waals surface area contributed by atoms with Crippen LogP contribution >= 0.6 is 7.82 Å². The fourth-order valence-electron chi connectivity index (χ4n) is 6.64. The molecule has 0 aliphatic rings. The van der Waals surface area contributed by atoms with E-state index in [1.807, 2.05) is 0 Å². The number of carbonyl (C=O) groups is 2. The number of aliphatic carboxylic acids is 1. The number of phosphoric ester groups is 1. The molecule has 0 saturated heterocycles. The summed E-state index contributed by atoms with van der Waals surface area (Å²) in [5, 5.41) is 8.92. The van der Waals surface area contributed by atoms with E-state index in [1.54, 1.807) is 0 Å². The van der Waals surface area contributed by atoms with Gasteiger partial charge >= 0.3 is 19.8 Å². The number of rotatable bonds is 47. The normalized spacial score (nSPS) is 14.3. The number of ether oxygens (including phenoxy) is 2. The third-order valence-corrected chi connectivity index (χ3v) is 11.5. The van der Waals surface area contributed by atoms with Crippen molar-refractivity contribution >= 4 is 19.8 Å². The molecule has 0 spiro atoms. The Morgan fingerprint density at radius 1 is 0.516 bits per heavy atom. The van der Waals surface area contributed by atoms with Gasteiger partial charge < -0.3 is 25.2 Å². The van der Waals surface area contributed by atoms with Gasteiger partial charge in [0, 0.05) is 13.0 Å². The second kappa shape index (κ2) is 46.7. The van der Waals surface area contributed by atoms with Crippen molar-refractivity contribution < 1.29 is 42.7 Å². The van der Waals surface area contributed by atoms with E-state index in [9.17, 15) is 19.0 Å².